The standard InChI is InChI=1S/C25H22N4O4/c30-24(28-23(25(31)32)14-17-5-2-1-3-6-17)19-8-4-7-18(13-19)16-33-20-9-10-21(26-15-20)22-11-12-27-29-22/h1-13,15,23H,14,16H2,(H,27,29)(H,28,30)(H,31,32)/t23-/m1/s1. The topological polar surface area (TPSA) is 117 Å². The summed E-state index contributed by atoms with van der Waals surface area (Å²) in [5.74, 6) is -0.953. The number of hydrogen-bond donors (Lipinski definition) is 3. The van der Waals surface area contributed by atoms with Gasteiger partial charge in [0.1, 0.15) is 18.4 Å². The molecule has 8 heteroatoms. The van der Waals surface area contributed by atoms with Crippen LogP contribution in [0.5, 0.6) is 5.75 Å². The van der Waals surface area contributed by atoms with Crippen molar-refractivity contribution >= 4 is 11.9 Å². The molecule has 2 heterocycles. The highest BCUT2D eigenvalue weighted by Gasteiger charge is 2.21. The van der Waals surface area contributed by atoms with Crippen molar-refractivity contribution < 1.29 is 19.4 Å². The summed E-state index contributed by atoms with van der Waals surface area (Å²) in [5.41, 5.74) is 3.53. The normalized spacial score (nSPS) is 11.5. The fraction of sp³-hybridized carbons (Fsp3) is 0.120. The number of aromatic amines is 1. The van der Waals surface area contributed by atoms with Gasteiger partial charge in [0.2, 0.25) is 0 Å². The van der Waals surface area contributed by atoms with E-state index in [-0.39, 0.29) is 13.0 Å². The first-order valence-electron chi connectivity index (χ1n) is 10.3. The fourth-order valence-corrected chi connectivity index (χ4v) is 3.28. The lowest BCUT2D eigenvalue weighted by Gasteiger charge is -2.15. The predicted molar refractivity (Wildman–Crippen MR) is 122 cm³/mol. The third-order valence-electron chi connectivity index (χ3n) is 4.99. The molecule has 0 fully saturated rings. The summed E-state index contributed by atoms with van der Waals surface area (Å²) >= 11 is 0. The molecule has 2 aromatic heterocycles. The first kappa shape index (κ1) is 21.8. The lowest BCUT2D eigenvalue weighted by atomic mass is 10.0. The number of nitrogens with one attached hydrogen (secondary N) is 2. The van der Waals surface area contributed by atoms with Crippen LogP contribution in [0.25, 0.3) is 11.4 Å². The number of carbonyl (C=O) groups excluding carboxylic acids is 1. The van der Waals surface area contributed by atoms with Gasteiger partial charge in [0, 0.05) is 18.2 Å². The minimum Gasteiger partial charge on any atom is -0.487 e. The van der Waals surface area contributed by atoms with Gasteiger partial charge >= 0.3 is 5.97 Å². The van der Waals surface area contributed by atoms with Gasteiger partial charge in [0.25, 0.3) is 5.91 Å². The number of rotatable bonds is 9. The zero-order valence-corrected chi connectivity index (χ0v) is 17.6. The SMILES string of the molecule is O=C(N[C@H](Cc1ccccc1)C(=O)O)c1cccc(COc2ccc(-c3ccn[nH]3)nc2)c1. The van der Waals surface area contributed by atoms with Crippen LogP contribution in [0.2, 0.25) is 0 Å². The largest absolute Gasteiger partial charge is 0.487 e. The number of aromatic nitrogens is 3. The van der Waals surface area contributed by atoms with Gasteiger partial charge in [-0.05, 0) is 41.5 Å². The number of amides is 1. The molecule has 0 bridgehead atoms. The Labute approximate surface area is 190 Å². The highest BCUT2D eigenvalue weighted by atomic mass is 16.5. The summed E-state index contributed by atoms with van der Waals surface area (Å²) in [7, 11) is 0. The Balaban J connectivity index is 1.37. The van der Waals surface area contributed by atoms with Gasteiger partial charge in [-0.1, -0.05) is 42.5 Å². The maximum atomic E-state index is 12.7. The molecule has 0 radical (unpaired) electrons. The molecule has 0 aliphatic rings. The molecule has 0 saturated heterocycles. The third kappa shape index (κ3) is 5.82. The average molecular weight is 442 g/mol. The molecule has 3 N–H and O–H groups in total. The van der Waals surface area contributed by atoms with Crippen LogP contribution in [-0.2, 0) is 17.8 Å². The molecule has 0 spiro atoms. The van der Waals surface area contributed by atoms with E-state index in [9.17, 15) is 14.7 Å². The van der Waals surface area contributed by atoms with E-state index >= 15 is 0 Å². The molecule has 8 nitrogen and oxygen atoms in total. The van der Waals surface area contributed by atoms with Crippen LogP contribution in [0.3, 0.4) is 0 Å². The van der Waals surface area contributed by atoms with Gasteiger partial charge < -0.3 is 15.2 Å². The van der Waals surface area contributed by atoms with Crippen LogP contribution < -0.4 is 10.1 Å². The highest BCUT2D eigenvalue weighted by molar-refractivity contribution is 5.96. The van der Waals surface area contributed by atoms with E-state index < -0.39 is 17.9 Å². The van der Waals surface area contributed by atoms with Crippen LogP contribution in [0.1, 0.15) is 21.5 Å². The van der Waals surface area contributed by atoms with Crippen LogP contribution in [0, 0.1) is 0 Å². The van der Waals surface area contributed by atoms with Crippen molar-refractivity contribution in [3.63, 3.8) is 0 Å². The summed E-state index contributed by atoms with van der Waals surface area (Å²) in [4.78, 5) is 28.7. The second-order valence-electron chi connectivity index (χ2n) is 7.39. The number of nitrogens with zero attached hydrogens (tertiary/aromatic N) is 2. The molecular weight excluding hydrogens is 420 g/mol. The summed E-state index contributed by atoms with van der Waals surface area (Å²) in [6.07, 6.45) is 3.48. The Morgan fingerprint density at radius 2 is 1.82 bits per heavy atom. The number of carboxylic acid groups (broad SMARTS) is 1. The monoisotopic (exact) mass is 442 g/mol. The number of hydrogen-bond acceptors (Lipinski definition) is 5. The quantitative estimate of drug-likeness (QED) is 0.365. The van der Waals surface area contributed by atoms with Crippen molar-refractivity contribution in [1.82, 2.24) is 20.5 Å². The van der Waals surface area contributed by atoms with Gasteiger partial charge in [-0.3, -0.25) is 14.9 Å². The van der Waals surface area contributed by atoms with Crippen LogP contribution in [-0.4, -0.2) is 38.2 Å². The van der Waals surface area contributed by atoms with Gasteiger partial charge in [-0.2, -0.15) is 5.10 Å². The zero-order valence-electron chi connectivity index (χ0n) is 17.6. The van der Waals surface area contributed by atoms with Gasteiger partial charge in [-0.15, -0.1) is 0 Å². The smallest absolute Gasteiger partial charge is 0.326 e. The van der Waals surface area contributed by atoms with Crippen molar-refractivity contribution in [3.05, 3.63) is 102 Å². The lowest BCUT2D eigenvalue weighted by Crippen LogP contribution is -2.42. The number of pyridine rings is 1. The highest BCUT2D eigenvalue weighted by Crippen LogP contribution is 2.18. The van der Waals surface area contributed by atoms with Gasteiger partial charge in [-0.25, -0.2) is 4.79 Å². The van der Waals surface area contributed by atoms with E-state index in [2.05, 4.69) is 20.5 Å². The molecule has 4 rings (SSSR count). The van der Waals surface area contributed by atoms with Crippen LogP contribution >= 0.6 is 0 Å². The summed E-state index contributed by atoms with van der Waals surface area (Å²) in [6.45, 7) is 0.235. The molecule has 4 aromatic rings. The van der Waals surface area contributed by atoms with Crippen LogP contribution in [0.15, 0.2) is 85.2 Å². The molecule has 166 valence electrons. The number of ether oxygens (including phenoxy) is 1. The van der Waals surface area contributed by atoms with E-state index in [1.807, 2.05) is 48.5 Å². The van der Waals surface area contributed by atoms with E-state index in [1.165, 1.54) is 0 Å². The van der Waals surface area contributed by atoms with E-state index in [1.54, 1.807) is 36.7 Å². The maximum Gasteiger partial charge on any atom is 0.326 e. The van der Waals surface area contributed by atoms with Gasteiger partial charge in [0.15, 0.2) is 0 Å². The molecule has 0 aliphatic carbocycles. The minimum atomic E-state index is -1.09. The second-order valence-corrected chi connectivity index (χ2v) is 7.39. The molecule has 1 amide bonds. The fourth-order valence-electron chi connectivity index (χ4n) is 3.28. The number of carboxylic acids is 1. The van der Waals surface area contributed by atoms with Crippen molar-refractivity contribution in [2.45, 2.75) is 19.1 Å². The number of carbonyl (C=O) groups is 2. The minimum absolute atomic E-state index is 0.201. The Morgan fingerprint density at radius 1 is 1.00 bits per heavy atom. The van der Waals surface area contributed by atoms with E-state index in [0.717, 1.165) is 22.5 Å². The molecule has 33 heavy (non-hydrogen) atoms. The second kappa shape index (κ2) is 10.2. The maximum absolute atomic E-state index is 12.7. The zero-order chi connectivity index (χ0) is 23.0. The molecule has 0 aliphatic heterocycles. The Bertz CT molecular complexity index is 1210. The molecule has 0 saturated carbocycles. The third-order valence-corrected chi connectivity index (χ3v) is 4.99. The average Bonchev–Trinajstić information content (AvgIpc) is 3.38. The number of benzene rings is 2. The summed E-state index contributed by atoms with van der Waals surface area (Å²) in [5, 5.41) is 18.9. The van der Waals surface area contributed by atoms with E-state index in [4.69, 9.17) is 4.74 Å². The molecule has 0 unspecified atom stereocenters. The Morgan fingerprint density at radius 3 is 2.52 bits per heavy atom. The predicted octanol–water partition coefficient (Wildman–Crippen LogP) is 3.48. The number of H-pyrrole nitrogens is 1. The Hall–Kier alpha value is -4.46. The molecule has 1 atom stereocenters. The summed E-state index contributed by atoms with van der Waals surface area (Å²) in [6, 6.07) is 20.5. The number of aliphatic carboxylic acids is 1. The lowest BCUT2D eigenvalue weighted by molar-refractivity contribution is -0.139. The van der Waals surface area contributed by atoms with Crippen LogP contribution in [0.4, 0.5) is 0 Å². The summed E-state index contributed by atoms with van der Waals surface area (Å²) < 4.78 is 5.78. The van der Waals surface area contributed by atoms with Gasteiger partial charge in [0.05, 0.1) is 17.6 Å². The van der Waals surface area contributed by atoms with Crippen molar-refractivity contribution in [2.24, 2.45) is 0 Å². The van der Waals surface area contributed by atoms with Crippen molar-refractivity contribution in [3.8, 4) is 17.1 Å². The van der Waals surface area contributed by atoms with Crippen molar-refractivity contribution in [1.29, 1.82) is 0 Å². The van der Waals surface area contributed by atoms with Crippen molar-refractivity contribution in [2.75, 3.05) is 0 Å². The molecule has 2 aromatic carbocycles. The first-order valence-corrected chi connectivity index (χ1v) is 10.3. The first-order chi connectivity index (χ1) is 16.1. The molecular formula is C25H22N4O4. The van der Waals surface area contributed by atoms with E-state index in [0.29, 0.717) is 11.3 Å². The Kier molecular flexibility index (Phi) is 6.75.